The van der Waals surface area contributed by atoms with E-state index in [1.54, 1.807) is 18.2 Å². The minimum atomic E-state index is -0.398. The third-order valence-electron chi connectivity index (χ3n) is 3.55. The Morgan fingerprint density at radius 2 is 1.96 bits per heavy atom. The van der Waals surface area contributed by atoms with Crippen molar-refractivity contribution in [2.75, 3.05) is 0 Å². The lowest BCUT2D eigenvalue weighted by atomic mass is 10.1. The van der Waals surface area contributed by atoms with Crippen molar-refractivity contribution in [2.45, 2.75) is 20.5 Å². The first kappa shape index (κ1) is 15.7. The number of hydrogen-bond acceptors (Lipinski definition) is 3. The van der Waals surface area contributed by atoms with E-state index in [-0.39, 0.29) is 12.4 Å². The number of halogens is 2. The highest BCUT2D eigenvalue weighted by Gasteiger charge is 2.11. The maximum atomic E-state index is 13.9. The second kappa shape index (κ2) is 6.16. The number of rotatable bonds is 3. The minimum absolute atomic E-state index is 0.0935. The van der Waals surface area contributed by atoms with Crippen LogP contribution in [0.4, 0.5) is 4.39 Å². The molecule has 3 rings (SSSR count). The molecule has 118 valence electrons. The summed E-state index contributed by atoms with van der Waals surface area (Å²) in [6, 6.07) is 9.90. The molecule has 0 aliphatic heterocycles. The van der Waals surface area contributed by atoms with Gasteiger partial charge in [-0.3, -0.25) is 0 Å². The van der Waals surface area contributed by atoms with Crippen LogP contribution in [0.25, 0.3) is 11.0 Å². The van der Waals surface area contributed by atoms with Crippen LogP contribution in [0.3, 0.4) is 0 Å². The summed E-state index contributed by atoms with van der Waals surface area (Å²) >= 11 is 3.23. The Labute approximate surface area is 140 Å². The molecule has 0 spiro atoms. The Morgan fingerprint density at radius 1 is 1.17 bits per heavy atom. The van der Waals surface area contributed by atoms with Crippen LogP contribution < -0.4 is 10.4 Å². The molecule has 0 N–H and O–H groups in total. The zero-order valence-electron chi connectivity index (χ0n) is 12.7. The average molecular weight is 377 g/mol. The fourth-order valence-electron chi connectivity index (χ4n) is 2.49. The number of hydrogen-bond donors (Lipinski definition) is 0. The fraction of sp³-hybridized carbons (Fsp3) is 0.167. The van der Waals surface area contributed by atoms with Crippen LogP contribution in [0, 0.1) is 19.7 Å². The Kier molecular flexibility index (Phi) is 4.22. The summed E-state index contributed by atoms with van der Waals surface area (Å²) in [6.45, 7) is 3.80. The van der Waals surface area contributed by atoms with Crippen LogP contribution >= 0.6 is 15.9 Å². The molecule has 1 heterocycles. The standard InChI is InChI=1S/C18H14BrFO3/c1-10-5-15(18-11(2)7-17(21)23-16(18)6-10)22-9-12-3-4-13(19)8-14(12)20/h3-8H,9H2,1-2H3. The molecule has 5 heteroatoms. The van der Waals surface area contributed by atoms with Crippen LogP contribution in [0.1, 0.15) is 16.7 Å². The molecule has 2 aromatic carbocycles. The largest absolute Gasteiger partial charge is 0.488 e. The van der Waals surface area contributed by atoms with E-state index in [0.717, 1.165) is 16.5 Å². The van der Waals surface area contributed by atoms with Crippen molar-refractivity contribution in [3.8, 4) is 5.75 Å². The summed E-state index contributed by atoms with van der Waals surface area (Å²) in [5, 5.41) is 0.729. The average Bonchev–Trinajstić information content (AvgIpc) is 2.44. The smallest absolute Gasteiger partial charge is 0.336 e. The Balaban J connectivity index is 2.01. The summed E-state index contributed by atoms with van der Waals surface area (Å²) in [6.07, 6.45) is 0. The molecule has 3 nitrogen and oxygen atoms in total. The zero-order valence-corrected chi connectivity index (χ0v) is 14.2. The van der Waals surface area contributed by atoms with Crippen LogP contribution in [-0.2, 0) is 6.61 Å². The van der Waals surface area contributed by atoms with Gasteiger partial charge in [-0.15, -0.1) is 0 Å². The van der Waals surface area contributed by atoms with Crippen LogP contribution in [0.15, 0.2) is 50.1 Å². The summed E-state index contributed by atoms with van der Waals surface area (Å²) in [5.41, 5.74) is 2.20. The lowest BCUT2D eigenvalue weighted by Crippen LogP contribution is -2.02. The van der Waals surface area contributed by atoms with Crippen molar-refractivity contribution in [3.63, 3.8) is 0 Å². The van der Waals surface area contributed by atoms with Gasteiger partial charge < -0.3 is 9.15 Å². The highest BCUT2D eigenvalue weighted by Crippen LogP contribution is 2.30. The highest BCUT2D eigenvalue weighted by molar-refractivity contribution is 9.10. The van der Waals surface area contributed by atoms with Crippen molar-refractivity contribution < 1.29 is 13.5 Å². The number of ether oxygens (including phenoxy) is 1. The van der Waals surface area contributed by atoms with Gasteiger partial charge in [0.2, 0.25) is 0 Å². The van der Waals surface area contributed by atoms with Gasteiger partial charge >= 0.3 is 5.63 Å². The third-order valence-corrected chi connectivity index (χ3v) is 4.04. The SMILES string of the molecule is Cc1cc(OCc2ccc(Br)cc2F)c2c(C)cc(=O)oc2c1. The normalized spacial score (nSPS) is 11.0. The predicted molar refractivity (Wildman–Crippen MR) is 90.4 cm³/mol. The molecular formula is C18H14BrFO3. The van der Waals surface area contributed by atoms with Gasteiger partial charge in [-0.05, 0) is 49.2 Å². The van der Waals surface area contributed by atoms with Gasteiger partial charge in [-0.25, -0.2) is 9.18 Å². The van der Waals surface area contributed by atoms with Crippen molar-refractivity contribution in [3.05, 3.63) is 73.8 Å². The molecule has 0 radical (unpaired) electrons. The molecule has 1 aromatic heterocycles. The van der Waals surface area contributed by atoms with E-state index in [9.17, 15) is 9.18 Å². The minimum Gasteiger partial charge on any atom is -0.488 e. The van der Waals surface area contributed by atoms with E-state index < -0.39 is 5.63 Å². The second-order valence-corrected chi connectivity index (χ2v) is 6.32. The van der Waals surface area contributed by atoms with Crippen molar-refractivity contribution in [2.24, 2.45) is 0 Å². The molecule has 0 saturated carbocycles. The van der Waals surface area contributed by atoms with Crippen molar-refractivity contribution >= 4 is 26.9 Å². The summed E-state index contributed by atoms with van der Waals surface area (Å²) in [4.78, 5) is 11.5. The van der Waals surface area contributed by atoms with Gasteiger partial charge in [0.05, 0.1) is 5.39 Å². The maximum Gasteiger partial charge on any atom is 0.336 e. The first-order chi connectivity index (χ1) is 10.9. The van der Waals surface area contributed by atoms with E-state index in [0.29, 0.717) is 21.4 Å². The lowest BCUT2D eigenvalue weighted by molar-refractivity contribution is 0.303. The highest BCUT2D eigenvalue weighted by atomic mass is 79.9. The fourth-order valence-corrected chi connectivity index (χ4v) is 2.82. The van der Waals surface area contributed by atoms with Gasteiger partial charge in [0, 0.05) is 16.1 Å². The molecule has 0 bridgehead atoms. The summed E-state index contributed by atoms with van der Waals surface area (Å²) in [7, 11) is 0. The van der Waals surface area contributed by atoms with Crippen molar-refractivity contribution in [1.29, 1.82) is 0 Å². The summed E-state index contributed by atoms with van der Waals surface area (Å²) < 4.78 is 25.6. The maximum absolute atomic E-state index is 13.9. The Bertz CT molecular complexity index is 947. The molecule has 3 aromatic rings. The van der Waals surface area contributed by atoms with Crippen LogP contribution in [-0.4, -0.2) is 0 Å². The lowest BCUT2D eigenvalue weighted by Gasteiger charge is -2.12. The molecule has 0 saturated heterocycles. The molecule has 0 fully saturated rings. The molecular weight excluding hydrogens is 363 g/mol. The van der Waals surface area contributed by atoms with Gasteiger partial charge in [-0.1, -0.05) is 22.0 Å². The van der Waals surface area contributed by atoms with E-state index >= 15 is 0 Å². The molecule has 0 amide bonds. The van der Waals surface area contributed by atoms with E-state index in [2.05, 4.69) is 15.9 Å². The van der Waals surface area contributed by atoms with Crippen LogP contribution in [0.2, 0.25) is 0 Å². The molecule has 0 aliphatic rings. The molecule has 23 heavy (non-hydrogen) atoms. The quantitative estimate of drug-likeness (QED) is 0.610. The monoisotopic (exact) mass is 376 g/mol. The third kappa shape index (κ3) is 3.29. The molecule has 0 unspecified atom stereocenters. The topological polar surface area (TPSA) is 39.4 Å². The molecule has 0 atom stereocenters. The Hall–Kier alpha value is -2.14. The predicted octanol–water partition coefficient (Wildman–Crippen LogP) is 4.89. The second-order valence-electron chi connectivity index (χ2n) is 5.41. The van der Waals surface area contributed by atoms with E-state index in [1.165, 1.54) is 12.1 Å². The molecule has 0 aliphatic carbocycles. The zero-order chi connectivity index (χ0) is 16.6. The summed E-state index contributed by atoms with van der Waals surface area (Å²) in [5.74, 6) is 0.239. The van der Waals surface area contributed by atoms with Gasteiger partial charge in [0.25, 0.3) is 0 Å². The van der Waals surface area contributed by atoms with Crippen molar-refractivity contribution in [1.82, 2.24) is 0 Å². The van der Waals surface area contributed by atoms with Gasteiger partial charge in [-0.2, -0.15) is 0 Å². The number of benzene rings is 2. The van der Waals surface area contributed by atoms with E-state index in [4.69, 9.17) is 9.15 Å². The number of aryl methyl sites for hydroxylation is 2. The van der Waals surface area contributed by atoms with Crippen LogP contribution in [0.5, 0.6) is 5.75 Å². The van der Waals surface area contributed by atoms with Gasteiger partial charge in [0.15, 0.2) is 0 Å². The first-order valence-corrected chi connectivity index (χ1v) is 7.85. The number of fused-ring (bicyclic) bond motifs is 1. The van der Waals surface area contributed by atoms with Gasteiger partial charge in [0.1, 0.15) is 23.8 Å². The van der Waals surface area contributed by atoms with E-state index in [1.807, 2.05) is 19.9 Å². The first-order valence-electron chi connectivity index (χ1n) is 7.06. The Morgan fingerprint density at radius 3 is 2.70 bits per heavy atom.